The molecule has 2 aromatic rings. The third kappa shape index (κ3) is 2.40. The number of Topliss-reactive ketones (excluding diaryl/α,β-unsaturated/α-hetero) is 1. The number of fused-ring (bicyclic) bond motifs is 1. The van der Waals surface area contributed by atoms with Gasteiger partial charge in [-0.2, -0.15) is 0 Å². The maximum Gasteiger partial charge on any atom is 0.158 e. The van der Waals surface area contributed by atoms with E-state index >= 15 is 0 Å². The lowest BCUT2D eigenvalue weighted by Gasteiger charge is -2.13. The van der Waals surface area contributed by atoms with Crippen LogP contribution >= 0.6 is 22.9 Å². The minimum Gasteiger partial charge on any atom is -0.297 e. The lowest BCUT2D eigenvalue weighted by atomic mass is 9.95. The highest BCUT2D eigenvalue weighted by molar-refractivity contribution is 7.19. The van der Waals surface area contributed by atoms with Crippen LogP contribution in [0.15, 0.2) is 17.1 Å². The number of halogens is 2. The van der Waals surface area contributed by atoms with Crippen LogP contribution < -0.4 is 0 Å². The third-order valence-corrected chi connectivity index (χ3v) is 4.67. The molecule has 1 aromatic carbocycles. The second-order valence-electron chi connectivity index (χ2n) is 4.44. The van der Waals surface area contributed by atoms with E-state index in [2.05, 4.69) is 9.98 Å². The Bertz CT molecular complexity index is 644. The van der Waals surface area contributed by atoms with Gasteiger partial charge in [0.05, 0.1) is 21.3 Å². The van der Waals surface area contributed by atoms with Gasteiger partial charge in [0.1, 0.15) is 11.3 Å². The Hall–Kier alpha value is -1.33. The molecular formula is C13H10ClFN2OS. The molecular weight excluding hydrogens is 287 g/mol. The predicted molar refractivity (Wildman–Crippen MR) is 74.8 cm³/mol. The van der Waals surface area contributed by atoms with Crippen LogP contribution in [0.3, 0.4) is 0 Å². The van der Waals surface area contributed by atoms with Gasteiger partial charge >= 0.3 is 0 Å². The van der Waals surface area contributed by atoms with Crippen molar-refractivity contribution >= 4 is 45.2 Å². The predicted octanol–water partition coefficient (Wildman–Crippen LogP) is 3.29. The van der Waals surface area contributed by atoms with Crippen molar-refractivity contribution in [3.63, 3.8) is 0 Å². The molecule has 0 bridgehead atoms. The Morgan fingerprint density at radius 2 is 2.32 bits per heavy atom. The van der Waals surface area contributed by atoms with Gasteiger partial charge in [-0.3, -0.25) is 9.79 Å². The Morgan fingerprint density at radius 1 is 1.47 bits per heavy atom. The van der Waals surface area contributed by atoms with Gasteiger partial charge in [0, 0.05) is 12.3 Å². The molecule has 1 aromatic heterocycles. The summed E-state index contributed by atoms with van der Waals surface area (Å²) in [6, 6.07) is 2.84. The van der Waals surface area contributed by atoms with Crippen molar-refractivity contribution in [1.29, 1.82) is 0 Å². The molecule has 0 radical (unpaired) electrons. The van der Waals surface area contributed by atoms with Crippen molar-refractivity contribution in [2.24, 2.45) is 10.9 Å². The molecule has 0 N–H and O–H groups in total. The standard InChI is InChI=1S/C13H10ClFN2OS/c14-8-1-2-9(15)12-13(8)19-11(17-12)5-7-3-4-16-6-10(7)18/h1-2,4,7H,3,5-6H2. The largest absolute Gasteiger partial charge is 0.297 e. The van der Waals surface area contributed by atoms with E-state index in [0.717, 1.165) is 5.01 Å². The van der Waals surface area contributed by atoms with E-state index in [0.29, 0.717) is 28.1 Å². The van der Waals surface area contributed by atoms with Gasteiger partial charge in [-0.25, -0.2) is 9.37 Å². The molecule has 0 fully saturated rings. The topological polar surface area (TPSA) is 42.3 Å². The maximum atomic E-state index is 13.6. The SMILES string of the molecule is O=C1CN=CCC1Cc1nc2c(F)ccc(Cl)c2s1. The highest BCUT2D eigenvalue weighted by Crippen LogP contribution is 2.32. The second kappa shape index (κ2) is 4.98. The molecule has 3 nitrogen and oxygen atoms in total. The molecule has 0 saturated heterocycles. The van der Waals surface area contributed by atoms with E-state index in [9.17, 15) is 9.18 Å². The van der Waals surface area contributed by atoms with Crippen LogP contribution in [0.2, 0.25) is 5.02 Å². The first-order chi connectivity index (χ1) is 9.15. The smallest absolute Gasteiger partial charge is 0.158 e. The molecule has 0 aliphatic carbocycles. The number of carbonyl (C=O) groups is 1. The maximum absolute atomic E-state index is 13.6. The van der Waals surface area contributed by atoms with E-state index in [-0.39, 0.29) is 24.1 Å². The lowest BCUT2D eigenvalue weighted by Crippen LogP contribution is -2.23. The number of aromatic nitrogens is 1. The number of ketones is 1. The van der Waals surface area contributed by atoms with Crippen molar-refractivity contribution in [3.05, 3.63) is 28.0 Å². The highest BCUT2D eigenvalue weighted by Gasteiger charge is 2.22. The first kappa shape index (κ1) is 12.7. The number of aliphatic imine (C=N–C) groups is 1. The van der Waals surface area contributed by atoms with Crippen LogP contribution in [-0.4, -0.2) is 23.5 Å². The summed E-state index contributed by atoms with van der Waals surface area (Å²) in [6.07, 6.45) is 2.93. The zero-order valence-electron chi connectivity index (χ0n) is 9.90. The van der Waals surface area contributed by atoms with Gasteiger partial charge in [0.15, 0.2) is 5.78 Å². The summed E-state index contributed by atoms with van der Waals surface area (Å²) < 4.78 is 14.3. The highest BCUT2D eigenvalue weighted by atomic mass is 35.5. The fraction of sp³-hybridized carbons (Fsp3) is 0.308. The van der Waals surface area contributed by atoms with E-state index in [1.54, 1.807) is 6.21 Å². The van der Waals surface area contributed by atoms with Crippen LogP contribution in [-0.2, 0) is 11.2 Å². The zero-order chi connectivity index (χ0) is 13.4. The Labute approximate surface area is 118 Å². The molecule has 1 unspecified atom stereocenters. The zero-order valence-corrected chi connectivity index (χ0v) is 11.5. The van der Waals surface area contributed by atoms with Crippen molar-refractivity contribution in [2.75, 3.05) is 6.54 Å². The first-order valence-corrected chi connectivity index (χ1v) is 7.09. The molecule has 1 atom stereocenters. The normalized spacial score (nSPS) is 19.3. The van der Waals surface area contributed by atoms with Gasteiger partial charge in [-0.05, 0) is 24.8 Å². The van der Waals surface area contributed by atoms with Crippen LogP contribution in [0.4, 0.5) is 4.39 Å². The molecule has 0 spiro atoms. The van der Waals surface area contributed by atoms with E-state index in [4.69, 9.17) is 11.6 Å². The fourth-order valence-electron chi connectivity index (χ4n) is 2.10. The number of hydrogen-bond acceptors (Lipinski definition) is 4. The third-order valence-electron chi connectivity index (χ3n) is 3.13. The molecule has 0 saturated carbocycles. The van der Waals surface area contributed by atoms with Gasteiger partial charge in [-0.1, -0.05) is 11.6 Å². The molecule has 98 valence electrons. The van der Waals surface area contributed by atoms with Crippen LogP contribution in [0, 0.1) is 11.7 Å². The molecule has 3 rings (SSSR count). The summed E-state index contributed by atoms with van der Waals surface area (Å²) in [6.45, 7) is 0.241. The Balaban J connectivity index is 1.94. The summed E-state index contributed by atoms with van der Waals surface area (Å²) in [5.41, 5.74) is 0.296. The van der Waals surface area contributed by atoms with Gasteiger partial charge in [-0.15, -0.1) is 11.3 Å². The van der Waals surface area contributed by atoms with Crippen LogP contribution in [0.25, 0.3) is 10.2 Å². The summed E-state index contributed by atoms with van der Waals surface area (Å²) in [5, 5.41) is 1.24. The molecule has 1 aliphatic rings. The number of benzene rings is 1. The minimum absolute atomic E-state index is 0.0973. The summed E-state index contributed by atoms with van der Waals surface area (Å²) in [4.78, 5) is 19.9. The van der Waals surface area contributed by atoms with E-state index in [1.165, 1.54) is 23.5 Å². The molecule has 0 amide bonds. The molecule has 6 heteroatoms. The number of rotatable bonds is 2. The van der Waals surface area contributed by atoms with Crippen molar-refractivity contribution < 1.29 is 9.18 Å². The minimum atomic E-state index is -0.376. The van der Waals surface area contributed by atoms with Gasteiger partial charge in [0.25, 0.3) is 0 Å². The van der Waals surface area contributed by atoms with Gasteiger partial charge in [0.2, 0.25) is 0 Å². The molecule has 1 aliphatic heterocycles. The number of hydrogen-bond donors (Lipinski definition) is 0. The lowest BCUT2D eigenvalue weighted by molar-refractivity contribution is -0.121. The summed E-state index contributed by atoms with van der Waals surface area (Å²) >= 11 is 7.38. The van der Waals surface area contributed by atoms with Crippen LogP contribution in [0.5, 0.6) is 0 Å². The number of carbonyl (C=O) groups excluding carboxylic acids is 1. The second-order valence-corrected chi connectivity index (χ2v) is 5.93. The summed E-state index contributed by atoms with van der Waals surface area (Å²) in [5.74, 6) is -0.355. The average molecular weight is 297 g/mol. The Morgan fingerprint density at radius 3 is 3.05 bits per heavy atom. The number of thiazole rings is 1. The first-order valence-electron chi connectivity index (χ1n) is 5.89. The number of nitrogens with zero attached hydrogens (tertiary/aromatic N) is 2. The monoisotopic (exact) mass is 296 g/mol. The van der Waals surface area contributed by atoms with Crippen molar-refractivity contribution in [2.45, 2.75) is 12.8 Å². The van der Waals surface area contributed by atoms with Gasteiger partial charge < -0.3 is 0 Å². The van der Waals surface area contributed by atoms with E-state index in [1.807, 2.05) is 0 Å². The van der Waals surface area contributed by atoms with Crippen molar-refractivity contribution in [1.82, 2.24) is 4.98 Å². The van der Waals surface area contributed by atoms with Crippen LogP contribution in [0.1, 0.15) is 11.4 Å². The molecule has 19 heavy (non-hydrogen) atoms. The fourth-order valence-corrected chi connectivity index (χ4v) is 3.43. The summed E-state index contributed by atoms with van der Waals surface area (Å²) in [7, 11) is 0. The average Bonchev–Trinajstić information content (AvgIpc) is 2.82. The quantitative estimate of drug-likeness (QED) is 0.853. The Kier molecular flexibility index (Phi) is 3.33. The van der Waals surface area contributed by atoms with E-state index < -0.39 is 0 Å². The van der Waals surface area contributed by atoms with Crippen molar-refractivity contribution in [3.8, 4) is 0 Å². The molecule has 2 heterocycles.